The van der Waals surface area contributed by atoms with Crippen molar-refractivity contribution in [2.75, 3.05) is 16.4 Å². The molecule has 6 nitrogen and oxygen atoms in total. The van der Waals surface area contributed by atoms with E-state index in [0.29, 0.717) is 41.7 Å². The van der Waals surface area contributed by atoms with Crippen LogP contribution < -0.4 is 19.3 Å². The molecule has 0 aliphatic carbocycles. The first-order valence-electron chi connectivity index (χ1n) is 14.1. The van der Waals surface area contributed by atoms with Gasteiger partial charge in [0.15, 0.2) is 16.6 Å². The Morgan fingerprint density at radius 1 is 0.727 bits per heavy atom. The normalized spacial score (nSPS) is 13.4. The second-order valence-electron chi connectivity index (χ2n) is 10.0. The monoisotopic (exact) mass is 710 g/mol. The van der Waals surface area contributed by atoms with Crippen molar-refractivity contribution in [3.8, 4) is 11.5 Å². The molecule has 1 aliphatic heterocycles. The van der Waals surface area contributed by atoms with Crippen LogP contribution in [0, 0.1) is 3.57 Å². The van der Waals surface area contributed by atoms with Gasteiger partial charge in [-0.05, 0) is 112 Å². The summed E-state index contributed by atoms with van der Waals surface area (Å²) >= 11 is 7.92. The van der Waals surface area contributed by atoms with E-state index in [2.05, 4.69) is 52.9 Å². The van der Waals surface area contributed by atoms with Crippen molar-refractivity contribution in [2.24, 2.45) is 0 Å². The molecular formula is C36H27IN2O4S. The minimum atomic E-state index is -0.497. The van der Waals surface area contributed by atoms with Crippen LogP contribution in [-0.4, -0.2) is 23.5 Å². The predicted molar refractivity (Wildman–Crippen MR) is 187 cm³/mol. The highest BCUT2D eigenvalue weighted by molar-refractivity contribution is 14.1. The van der Waals surface area contributed by atoms with Gasteiger partial charge in [0.25, 0.3) is 11.8 Å². The minimum Gasteiger partial charge on any atom is -0.490 e. The van der Waals surface area contributed by atoms with Crippen LogP contribution in [0.25, 0.3) is 16.8 Å². The van der Waals surface area contributed by atoms with Gasteiger partial charge in [-0.1, -0.05) is 72.8 Å². The fourth-order valence-corrected chi connectivity index (χ4v) is 6.22. The summed E-state index contributed by atoms with van der Waals surface area (Å²) < 4.78 is 13.1. The number of benzene rings is 5. The lowest BCUT2D eigenvalue weighted by molar-refractivity contribution is -0.120. The molecule has 5 aromatic rings. The van der Waals surface area contributed by atoms with Crippen molar-refractivity contribution in [3.63, 3.8) is 0 Å². The molecule has 5 aromatic carbocycles. The molecule has 8 heteroatoms. The Balaban J connectivity index is 1.36. The number of hydrogen-bond donors (Lipinski definition) is 0. The Hall–Kier alpha value is -4.54. The summed E-state index contributed by atoms with van der Waals surface area (Å²) in [5, 5.41) is 2.41. The second-order valence-corrected chi connectivity index (χ2v) is 11.6. The molecular weight excluding hydrogens is 683 g/mol. The van der Waals surface area contributed by atoms with Crippen LogP contribution >= 0.6 is 34.8 Å². The minimum absolute atomic E-state index is 0.0191. The standard InChI is InChI=1S/C36H27IN2O4S/c1-2-42-32-22-25(21-31(37)33(32)43-23-24-17-18-26-11-9-10-12-27(26)19-24)20-30-34(40)38(28-13-5-3-6-14-28)36(44)39(35(30)41)29-15-7-4-8-16-29/h3-22H,2,23H2,1H3. The van der Waals surface area contributed by atoms with Crippen molar-refractivity contribution in [3.05, 3.63) is 136 Å². The van der Waals surface area contributed by atoms with Gasteiger partial charge in [-0.3, -0.25) is 19.4 Å². The number of carbonyl (C=O) groups is 2. The summed E-state index contributed by atoms with van der Waals surface area (Å²) in [6.45, 7) is 2.67. The quantitative estimate of drug-likeness (QED) is 0.0704. The molecule has 44 heavy (non-hydrogen) atoms. The van der Waals surface area contributed by atoms with Gasteiger partial charge in [0, 0.05) is 0 Å². The average Bonchev–Trinajstić information content (AvgIpc) is 3.04. The van der Waals surface area contributed by atoms with Gasteiger partial charge >= 0.3 is 0 Å². The zero-order valence-electron chi connectivity index (χ0n) is 23.8. The van der Waals surface area contributed by atoms with Crippen LogP contribution in [0.2, 0.25) is 0 Å². The number of para-hydroxylation sites is 2. The number of carbonyl (C=O) groups excluding carboxylic acids is 2. The van der Waals surface area contributed by atoms with E-state index in [0.717, 1.165) is 14.5 Å². The smallest absolute Gasteiger partial charge is 0.270 e. The molecule has 1 aliphatic rings. The molecule has 0 atom stereocenters. The zero-order valence-corrected chi connectivity index (χ0v) is 26.7. The molecule has 0 aromatic heterocycles. The third-order valence-electron chi connectivity index (χ3n) is 7.12. The third-order valence-corrected chi connectivity index (χ3v) is 8.28. The van der Waals surface area contributed by atoms with Crippen LogP contribution in [0.1, 0.15) is 18.1 Å². The van der Waals surface area contributed by atoms with Crippen molar-refractivity contribution in [2.45, 2.75) is 13.5 Å². The zero-order chi connectivity index (χ0) is 30.6. The molecule has 0 spiro atoms. The predicted octanol–water partition coefficient (Wildman–Crippen LogP) is 8.17. The molecule has 0 radical (unpaired) electrons. The fourth-order valence-electron chi connectivity index (χ4n) is 5.06. The Labute approximate surface area is 274 Å². The summed E-state index contributed by atoms with van der Waals surface area (Å²) in [4.78, 5) is 30.6. The molecule has 6 rings (SSSR count). The highest BCUT2D eigenvalue weighted by Crippen LogP contribution is 2.37. The Morgan fingerprint density at radius 2 is 1.32 bits per heavy atom. The highest BCUT2D eigenvalue weighted by Gasteiger charge is 2.41. The van der Waals surface area contributed by atoms with Gasteiger partial charge in [-0.2, -0.15) is 0 Å². The summed E-state index contributed by atoms with van der Waals surface area (Å²) in [6.07, 6.45) is 1.59. The largest absolute Gasteiger partial charge is 0.490 e. The Bertz CT molecular complexity index is 1850. The third kappa shape index (κ3) is 5.95. The van der Waals surface area contributed by atoms with Crippen LogP contribution in [0.5, 0.6) is 11.5 Å². The Kier molecular flexibility index (Phi) is 8.72. The molecule has 1 fully saturated rings. The summed E-state index contributed by atoms with van der Waals surface area (Å²) in [6, 6.07) is 36.3. The van der Waals surface area contributed by atoms with Crippen molar-refractivity contribution in [1.82, 2.24) is 0 Å². The number of thiocarbonyl (C=S) groups is 1. The molecule has 1 heterocycles. The first-order valence-corrected chi connectivity index (χ1v) is 15.5. The van der Waals surface area contributed by atoms with Gasteiger partial charge in [0.05, 0.1) is 21.6 Å². The van der Waals surface area contributed by atoms with Crippen molar-refractivity contribution < 1.29 is 19.1 Å². The maximum atomic E-state index is 13.9. The van der Waals surface area contributed by atoms with Gasteiger partial charge in [-0.15, -0.1) is 0 Å². The molecule has 0 unspecified atom stereocenters. The van der Waals surface area contributed by atoms with Crippen LogP contribution in [0.4, 0.5) is 11.4 Å². The van der Waals surface area contributed by atoms with Crippen molar-refractivity contribution in [1.29, 1.82) is 0 Å². The number of hydrogen-bond acceptors (Lipinski definition) is 5. The number of fused-ring (bicyclic) bond motifs is 1. The molecule has 2 amide bonds. The van der Waals surface area contributed by atoms with Crippen LogP contribution in [0.15, 0.2) is 121 Å². The van der Waals surface area contributed by atoms with E-state index in [-0.39, 0.29) is 10.7 Å². The summed E-state index contributed by atoms with van der Waals surface area (Å²) in [5.41, 5.74) is 2.79. The number of rotatable bonds is 8. The lowest BCUT2D eigenvalue weighted by Crippen LogP contribution is -2.56. The van der Waals surface area contributed by atoms with E-state index in [1.54, 1.807) is 36.4 Å². The average molecular weight is 711 g/mol. The van der Waals surface area contributed by atoms with E-state index in [1.165, 1.54) is 15.2 Å². The first-order chi connectivity index (χ1) is 21.4. The number of anilines is 2. The van der Waals surface area contributed by atoms with Gasteiger partial charge < -0.3 is 9.47 Å². The maximum Gasteiger partial charge on any atom is 0.270 e. The number of amides is 2. The summed E-state index contributed by atoms with van der Waals surface area (Å²) in [5.74, 6) is 0.131. The van der Waals surface area contributed by atoms with Gasteiger partial charge in [0.1, 0.15) is 12.2 Å². The van der Waals surface area contributed by atoms with E-state index in [9.17, 15) is 9.59 Å². The molecule has 0 saturated carbocycles. The molecule has 0 bridgehead atoms. The molecule has 0 N–H and O–H groups in total. The Morgan fingerprint density at radius 3 is 1.93 bits per heavy atom. The van der Waals surface area contributed by atoms with E-state index < -0.39 is 11.8 Å². The number of nitrogens with zero attached hydrogens (tertiary/aromatic N) is 2. The fraction of sp³-hybridized carbons (Fsp3) is 0.0833. The lowest BCUT2D eigenvalue weighted by Gasteiger charge is -2.36. The van der Waals surface area contributed by atoms with E-state index >= 15 is 0 Å². The maximum absolute atomic E-state index is 13.9. The lowest BCUT2D eigenvalue weighted by atomic mass is 10.0. The van der Waals surface area contributed by atoms with E-state index in [4.69, 9.17) is 21.7 Å². The van der Waals surface area contributed by atoms with E-state index in [1.807, 2.05) is 61.5 Å². The van der Waals surface area contributed by atoms with Gasteiger partial charge in [-0.25, -0.2) is 0 Å². The van der Waals surface area contributed by atoms with Gasteiger partial charge in [0.2, 0.25) is 0 Å². The molecule has 1 saturated heterocycles. The van der Waals surface area contributed by atoms with Crippen molar-refractivity contribution >= 4 is 80.0 Å². The number of halogens is 1. The molecule has 218 valence electrons. The van der Waals surface area contributed by atoms with Crippen LogP contribution in [-0.2, 0) is 16.2 Å². The number of ether oxygens (including phenoxy) is 2. The van der Waals surface area contributed by atoms with Crippen LogP contribution in [0.3, 0.4) is 0 Å². The topological polar surface area (TPSA) is 59.1 Å². The SMILES string of the molecule is CCOc1cc(C=C2C(=O)N(c3ccccc3)C(=S)N(c3ccccc3)C2=O)cc(I)c1OCc1ccc2ccccc2c1. The summed E-state index contributed by atoms with van der Waals surface area (Å²) in [7, 11) is 0. The second kappa shape index (κ2) is 13.0. The highest BCUT2D eigenvalue weighted by atomic mass is 127. The first kappa shape index (κ1) is 29.5.